The van der Waals surface area contributed by atoms with Crippen molar-refractivity contribution in [3.8, 4) is 0 Å². The molecule has 0 aromatic heterocycles. The van der Waals surface area contributed by atoms with Crippen LogP contribution in [0.4, 0.5) is 0 Å². The summed E-state index contributed by atoms with van der Waals surface area (Å²) in [5.41, 5.74) is 11.4. The number of likely N-dealkylation sites (N-methyl/N-ethyl adjacent to an activating group) is 1. The highest BCUT2D eigenvalue weighted by Gasteiger charge is 2.01. The quantitative estimate of drug-likeness (QED) is 0.449. The summed E-state index contributed by atoms with van der Waals surface area (Å²) in [5, 5.41) is 3.43. The van der Waals surface area contributed by atoms with Crippen molar-refractivity contribution in [2.75, 3.05) is 39.8 Å². The number of hydrogen-bond acceptors (Lipinski definition) is 4. The molecule has 98 valence electrons. The van der Waals surface area contributed by atoms with E-state index in [-0.39, 0.29) is 0 Å². The second kappa shape index (κ2) is 11.3. The molecular formula is C12H30N4. The first-order valence-electron chi connectivity index (χ1n) is 6.55. The van der Waals surface area contributed by atoms with E-state index in [0.29, 0.717) is 6.04 Å². The molecular weight excluding hydrogens is 200 g/mol. The molecule has 1 atom stereocenters. The number of rotatable bonds is 11. The Morgan fingerprint density at radius 3 is 2.56 bits per heavy atom. The van der Waals surface area contributed by atoms with Crippen LogP contribution in [0.3, 0.4) is 0 Å². The molecule has 4 nitrogen and oxygen atoms in total. The van der Waals surface area contributed by atoms with Crippen LogP contribution >= 0.6 is 0 Å². The molecule has 0 fully saturated rings. The van der Waals surface area contributed by atoms with Gasteiger partial charge < -0.3 is 21.7 Å². The molecule has 0 amide bonds. The Hall–Kier alpha value is -0.160. The van der Waals surface area contributed by atoms with E-state index < -0.39 is 0 Å². The molecule has 0 saturated heterocycles. The molecule has 0 aliphatic heterocycles. The van der Waals surface area contributed by atoms with E-state index in [2.05, 4.69) is 24.2 Å². The Labute approximate surface area is 101 Å². The van der Waals surface area contributed by atoms with E-state index in [1.165, 1.54) is 13.0 Å². The molecule has 4 heteroatoms. The van der Waals surface area contributed by atoms with Crippen molar-refractivity contribution in [1.29, 1.82) is 0 Å². The largest absolute Gasteiger partial charge is 0.330 e. The number of hydrogen-bond donors (Lipinski definition) is 3. The van der Waals surface area contributed by atoms with E-state index in [4.69, 9.17) is 11.5 Å². The number of nitrogens with one attached hydrogen (secondary N) is 1. The van der Waals surface area contributed by atoms with Gasteiger partial charge in [0.15, 0.2) is 0 Å². The van der Waals surface area contributed by atoms with Crippen molar-refractivity contribution >= 4 is 0 Å². The van der Waals surface area contributed by atoms with Gasteiger partial charge in [0.05, 0.1) is 0 Å². The minimum absolute atomic E-state index is 0.310. The van der Waals surface area contributed by atoms with Crippen molar-refractivity contribution in [3.05, 3.63) is 0 Å². The fraction of sp³-hybridized carbons (Fsp3) is 1.00. The van der Waals surface area contributed by atoms with Crippen LogP contribution in [0.5, 0.6) is 0 Å². The maximum absolute atomic E-state index is 5.94. The molecule has 0 bridgehead atoms. The Morgan fingerprint density at radius 1 is 1.19 bits per heavy atom. The summed E-state index contributed by atoms with van der Waals surface area (Å²) in [6.45, 7) is 7.33. The molecule has 0 rings (SSSR count). The van der Waals surface area contributed by atoms with Gasteiger partial charge in [-0.1, -0.05) is 6.92 Å². The molecule has 0 aromatic carbocycles. The van der Waals surface area contributed by atoms with Crippen LogP contribution in [-0.4, -0.2) is 50.7 Å². The molecule has 0 aliphatic rings. The number of nitrogens with two attached hydrogens (primary N) is 2. The molecule has 0 aromatic rings. The third kappa shape index (κ3) is 10.4. The summed E-state index contributed by atoms with van der Waals surface area (Å²) in [4.78, 5) is 2.35. The van der Waals surface area contributed by atoms with Gasteiger partial charge in [0.25, 0.3) is 0 Å². The molecule has 1 unspecified atom stereocenters. The summed E-state index contributed by atoms with van der Waals surface area (Å²) in [6.07, 6.45) is 4.37. The van der Waals surface area contributed by atoms with Crippen LogP contribution in [-0.2, 0) is 0 Å². The Morgan fingerprint density at radius 2 is 1.94 bits per heavy atom. The first-order valence-corrected chi connectivity index (χ1v) is 6.55. The maximum atomic E-state index is 5.94. The molecule has 0 radical (unpaired) electrons. The summed E-state index contributed by atoms with van der Waals surface area (Å²) in [7, 11) is 2.16. The van der Waals surface area contributed by atoms with Crippen LogP contribution in [0.25, 0.3) is 0 Å². The van der Waals surface area contributed by atoms with Gasteiger partial charge in [-0.25, -0.2) is 0 Å². The van der Waals surface area contributed by atoms with Gasteiger partial charge >= 0.3 is 0 Å². The van der Waals surface area contributed by atoms with Crippen molar-refractivity contribution in [2.24, 2.45) is 11.5 Å². The van der Waals surface area contributed by atoms with Crippen molar-refractivity contribution in [2.45, 2.75) is 38.6 Å². The standard InChI is InChI=1S/C12H30N4/c1-3-10-16(2)11-9-15-8-6-12(14)5-4-7-13/h12,15H,3-11,13-14H2,1-2H3. The second-order valence-corrected chi connectivity index (χ2v) is 4.53. The van der Waals surface area contributed by atoms with Gasteiger partial charge in [-0.05, 0) is 52.4 Å². The minimum Gasteiger partial charge on any atom is -0.330 e. The summed E-state index contributed by atoms with van der Waals surface area (Å²) in [6, 6.07) is 0.310. The Bertz CT molecular complexity index is 141. The fourth-order valence-electron chi connectivity index (χ4n) is 1.70. The zero-order valence-corrected chi connectivity index (χ0v) is 11.0. The lowest BCUT2D eigenvalue weighted by Gasteiger charge is -2.16. The molecule has 16 heavy (non-hydrogen) atoms. The monoisotopic (exact) mass is 230 g/mol. The predicted molar refractivity (Wildman–Crippen MR) is 71.5 cm³/mol. The normalized spacial score (nSPS) is 13.3. The summed E-state index contributed by atoms with van der Waals surface area (Å²) < 4.78 is 0. The molecule has 0 heterocycles. The van der Waals surface area contributed by atoms with Crippen LogP contribution in [0.2, 0.25) is 0 Å². The topological polar surface area (TPSA) is 67.3 Å². The smallest absolute Gasteiger partial charge is 0.0104 e. The third-order valence-electron chi connectivity index (χ3n) is 2.75. The highest BCUT2D eigenvalue weighted by atomic mass is 15.1. The highest BCUT2D eigenvalue weighted by molar-refractivity contribution is 4.64. The zero-order valence-electron chi connectivity index (χ0n) is 11.0. The van der Waals surface area contributed by atoms with Crippen LogP contribution in [0, 0.1) is 0 Å². The van der Waals surface area contributed by atoms with Gasteiger partial charge in [-0.2, -0.15) is 0 Å². The van der Waals surface area contributed by atoms with Crippen molar-refractivity contribution in [1.82, 2.24) is 10.2 Å². The van der Waals surface area contributed by atoms with E-state index in [1.807, 2.05) is 0 Å². The Kier molecular flexibility index (Phi) is 11.2. The van der Waals surface area contributed by atoms with E-state index in [1.54, 1.807) is 0 Å². The first kappa shape index (κ1) is 15.8. The number of nitrogens with zero attached hydrogens (tertiary/aromatic N) is 1. The first-order chi connectivity index (χ1) is 7.70. The molecule has 0 saturated carbocycles. The van der Waals surface area contributed by atoms with Gasteiger partial charge in [0.2, 0.25) is 0 Å². The average molecular weight is 230 g/mol. The Balaban J connectivity index is 3.19. The van der Waals surface area contributed by atoms with Gasteiger partial charge in [0.1, 0.15) is 0 Å². The molecule has 0 aliphatic carbocycles. The lowest BCUT2D eigenvalue weighted by molar-refractivity contribution is 0.331. The second-order valence-electron chi connectivity index (χ2n) is 4.53. The molecule has 5 N–H and O–H groups in total. The van der Waals surface area contributed by atoms with Gasteiger partial charge in [0, 0.05) is 19.1 Å². The van der Waals surface area contributed by atoms with Crippen LogP contribution < -0.4 is 16.8 Å². The lowest BCUT2D eigenvalue weighted by Crippen LogP contribution is -2.32. The highest BCUT2D eigenvalue weighted by Crippen LogP contribution is 1.96. The van der Waals surface area contributed by atoms with Gasteiger partial charge in [-0.3, -0.25) is 0 Å². The van der Waals surface area contributed by atoms with Crippen LogP contribution in [0.1, 0.15) is 32.6 Å². The summed E-state index contributed by atoms with van der Waals surface area (Å²) >= 11 is 0. The van der Waals surface area contributed by atoms with E-state index in [0.717, 1.165) is 45.4 Å². The summed E-state index contributed by atoms with van der Waals surface area (Å²) in [5.74, 6) is 0. The van der Waals surface area contributed by atoms with Crippen molar-refractivity contribution in [3.63, 3.8) is 0 Å². The van der Waals surface area contributed by atoms with Crippen molar-refractivity contribution < 1.29 is 0 Å². The average Bonchev–Trinajstić information content (AvgIpc) is 2.26. The zero-order chi connectivity index (χ0) is 12.2. The maximum Gasteiger partial charge on any atom is 0.0104 e. The van der Waals surface area contributed by atoms with Crippen LogP contribution in [0.15, 0.2) is 0 Å². The van der Waals surface area contributed by atoms with Gasteiger partial charge in [-0.15, -0.1) is 0 Å². The van der Waals surface area contributed by atoms with E-state index >= 15 is 0 Å². The third-order valence-corrected chi connectivity index (χ3v) is 2.75. The lowest BCUT2D eigenvalue weighted by atomic mass is 10.1. The fourth-order valence-corrected chi connectivity index (χ4v) is 1.70. The SMILES string of the molecule is CCCN(C)CCNCCC(N)CCCN. The van der Waals surface area contributed by atoms with E-state index in [9.17, 15) is 0 Å². The minimum atomic E-state index is 0.310. The predicted octanol–water partition coefficient (Wildman–Crippen LogP) is 0.374. The molecule has 0 spiro atoms.